The molecule has 0 saturated heterocycles. The Bertz CT molecular complexity index is 1010. The number of aromatic nitrogens is 1. The van der Waals surface area contributed by atoms with Crippen molar-refractivity contribution in [3.8, 4) is 0 Å². The number of halogens is 1. The zero-order valence-electron chi connectivity index (χ0n) is 14.0. The van der Waals surface area contributed by atoms with Crippen molar-refractivity contribution in [2.24, 2.45) is 0 Å². The number of anilines is 1. The van der Waals surface area contributed by atoms with Gasteiger partial charge in [0, 0.05) is 45.5 Å². The van der Waals surface area contributed by atoms with Crippen LogP contribution in [0.1, 0.15) is 5.69 Å². The lowest BCUT2D eigenvalue weighted by atomic mass is 10.2. The molecule has 2 aromatic carbocycles. The van der Waals surface area contributed by atoms with Gasteiger partial charge in [-0.1, -0.05) is 29.4 Å². The van der Waals surface area contributed by atoms with E-state index in [1.807, 2.05) is 43.3 Å². The Balaban J connectivity index is 2.09. The lowest BCUT2D eigenvalue weighted by molar-refractivity contribution is 0.527. The number of nitrogens with one attached hydrogen (secondary N) is 2. The molecular weight excluding hydrogens is 378 g/mol. The molecule has 0 fully saturated rings. The van der Waals surface area contributed by atoms with Gasteiger partial charge in [-0.2, -0.15) is 12.7 Å². The average Bonchev–Trinajstić information content (AvgIpc) is 2.86. The van der Waals surface area contributed by atoms with Gasteiger partial charge in [-0.25, -0.2) is 0 Å². The van der Waals surface area contributed by atoms with E-state index in [-0.39, 0.29) is 0 Å². The highest BCUT2D eigenvalue weighted by atomic mass is 35.5. The molecule has 0 aliphatic heterocycles. The molecule has 0 saturated carbocycles. The molecule has 8 heteroatoms. The zero-order valence-corrected chi connectivity index (χ0v) is 16.4. The maximum Gasteiger partial charge on any atom is 0.301 e. The van der Waals surface area contributed by atoms with Crippen molar-refractivity contribution in [1.82, 2.24) is 9.29 Å². The number of nitrogens with zero attached hydrogens (tertiary/aromatic N) is 1. The Morgan fingerprint density at radius 3 is 2.44 bits per heavy atom. The summed E-state index contributed by atoms with van der Waals surface area (Å²) in [5.41, 5.74) is 2.41. The molecule has 0 atom stereocenters. The van der Waals surface area contributed by atoms with Crippen LogP contribution < -0.4 is 4.72 Å². The highest BCUT2D eigenvalue weighted by Crippen LogP contribution is 2.40. The average molecular weight is 396 g/mol. The molecule has 0 unspecified atom stereocenters. The molecule has 132 valence electrons. The van der Waals surface area contributed by atoms with E-state index in [9.17, 15) is 8.42 Å². The molecule has 2 N–H and O–H groups in total. The van der Waals surface area contributed by atoms with Crippen molar-refractivity contribution < 1.29 is 8.42 Å². The number of hydrogen-bond donors (Lipinski definition) is 2. The van der Waals surface area contributed by atoms with Crippen molar-refractivity contribution in [3.63, 3.8) is 0 Å². The Hall–Kier alpha value is -1.67. The van der Waals surface area contributed by atoms with Crippen LogP contribution in [-0.2, 0) is 10.2 Å². The fraction of sp³-hybridized carbons (Fsp3) is 0.176. The maximum absolute atomic E-state index is 12.2. The fourth-order valence-corrected chi connectivity index (χ4v) is 4.20. The van der Waals surface area contributed by atoms with Crippen LogP contribution in [0.25, 0.3) is 10.9 Å². The summed E-state index contributed by atoms with van der Waals surface area (Å²) < 4.78 is 28.3. The Kier molecular flexibility index (Phi) is 5.02. The summed E-state index contributed by atoms with van der Waals surface area (Å²) in [4.78, 5) is 5.33. The van der Waals surface area contributed by atoms with Crippen LogP contribution in [0.4, 0.5) is 5.69 Å². The summed E-state index contributed by atoms with van der Waals surface area (Å²) in [6, 6.07) is 13.1. The molecule has 0 bridgehead atoms. The zero-order chi connectivity index (χ0) is 18.2. The van der Waals surface area contributed by atoms with Crippen LogP contribution in [0.3, 0.4) is 0 Å². The monoisotopic (exact) mass is 395 g/mol. The molecule has 0 spiro atoms. The maximum atomic E-state index is 12.2. The second-order valence-electron chi connectivity index (χ2n) is 5.75. The highest BCUT2D eigenvalue weighted by Gasteiger charge is 2.19. The first-order valence-corrected chi connectivity index (χ1v) is 10.2. The highest BCUT2D eigenvalue weighted by molar-refractivity contribution is 7.99. The van der Waals surface area contributed by atoms with Gasteiger partial charge in [0.25, 0.3) is 0 Å². The molecule has 5 nitrogen and oxygen atoms in total. The summed E-state index contributed by atoms with van der Waals surface area (Å²) in [6.07, 6.45) is 0. The normalized spacial score (nSPS) is 12.0. The first kappa shape index (κ1) is 18.1. The van der Waals surface area contributed by atoms with E-state index >= 15 is 0 Å². The SMILES string of the molecule is Cc1[nH]c2cccc(NS(=O)(=O)N(C)C)c2c1Sc1ccc(Cl)cc1. The van der Waals surface area contributed by atoms with E-state index in [2.05, 4.69) is 9.71 Å². The predicted octanol–water partition coefficient (Wildman–Crippen LogP) is 4.50. The van der Waals surface area contributed by atoms with E-state index < -0.39 is 10.2 Å². The van der Waals surface area contributed by atoms with Gasteiger partial charge in [-0.15, -0.1) is 0 Å². The number of hydrogen-bond acceptors (Lipinski definition) is 3. The molecule has 0 amide bonds. The summed E-state index contributed by atoms with van der Waals surface area (Å²) in [6.45, 7) is 1.97. The van der Waals surface area contributed by atoms with E-state index in [1.54, 1.807) is 17.8 Å². The Morgan fingerprint density at radius 2 is 1.80 bits per heavy atom. The standard InChI is InChI=1S/C17H18ClN3O2S2/c1-11-17(24-13-9-7-12(18)8-10-13)16-14(19-11)5-4-6-15(16)20-25(22,23)21(2)3/h4-10,19-20H,1-3H3. The number of fused-ring (bicyclic) bond motifs is 1. The van der Waals surface area contributed by atoms with Crippen molar-refractivity contribution in [3.05, 3.63) is 53.2 Å². The molecular formula is C17H18ClN3O2S2. The Morgan fingerprint density at radius 1 is 1.12 bits per heavy atom. The lowest BCUT2D eigenvalue weighted by Gasteiger charge is -2.14. The van der Waals surface area contributed by atoms with Crippen molar-refractivity contribution in [1.29, 1.82) is 0 Å². The first-order valence-electron chi connectivity index (χ1n) is 7.53. The van der Waals surface area contributed by atoms with Crippen LogP contribution in [0.5, 0.6) is 0 Å². The molecule has 3 aromatic rings. The number of aromatic amines is 1. The topological polar surface area (TPSA) is 65.2 Å². The second kappa shape index (κ2) is 6.92. The molecule has 0 aliphatic carbocycles. The molecule has 1 aromatic heterocycles. The number of aryl methyl sites for hydroxylation is 1. The Labute approximate surface area is 156 Å². The van der Waals surface area contributed by atoms with Crippen LogP contribution in [0.15, 0.2) is 52.3 Å². The van der Waals surface area contributed by atoms with Gasteiger partial charge < -0.3 is 4.98 Å². The van der Waals surface area contributed by atoms with Crippen LogP contribution >= 0.6 is 23.4 Å². The van der Waals surface area contributed by atoms with Crippen molar-refractivity contribution in [2.75, 3.05) is 18.8 Å². The third-order valence-electron chi connectivity index (χ3n) is 3.71. The van der Waals surface area contributed by atoms with E-state index in [1.165, 1.54) is 14.1 Å². The quantitative estimate of drug-likeness (QED) is 0.668. The fourth-order valence-electron chi connectivity index (χ4n) is 2.41. The molecule has 1 heterocycles. The van der Waals surface area contributed by atoms with Gasteiger partial charge in [-0.3, -0.25) is 4.72 Å². The number of rotatable bonds is 5. The minimum Gasteiger partial charge on any atom is -0.358 e. The van der Waals surface area contributed by atoms with Gasteiger partial charge >= 0.3 is 10.2 Å². The lowest BCUT2D eigenvalue weighted by Crippen LogP contribution is -2.28. The van der Waals surface area contributed by atoms with Gasteiger partial charge in [0.05, 0.1) is 5.69 Å². The van der Waals surface area contributed by atoms with E-state index in [0.717, 1.165) is 30.7 Å². The van der Waals surface area contributed by atoms with Crippen LogP contribution in [0.2, 0.25) is 5.02 Å². The van der Waals surface area contributed by atoms with Crippen molar-refractivity contribution in [2.45, 2.75) is 16.7 Å². The van der Waals surface area contributed by atoms with Crippen LogP contribution in [-0.4, -0.2) is 31.8 Å². The number of benzene rings is 2. The summed E-state index contributed by atoms with van der Waals surface area (Å²) in [7, 11) is -0.597. The largest absolute Gasteiger partial charge is 0.358 e. The van der Waals surface area contributed by atoms with E-state index in [4.69, 9.17) is 11.6 Å². The summed E-state index contributed by atoms with van der Waals surface area (Å²) >= 11 is 7.52. The second-order valence-corrected chi connectivity index (χ2v) is 9.16. The summed E-state index contributed by atoms with van der Waals surface area (Å²) in [5, 5.41) is 1.53. The van der Waals surface area contributed by atoms with Gasteiger partial charge in [0.2, 0.25) is 0 Å². The molecule has 25 heavy (non-hydrogen) atoms. The minimum absolute atomic E-state index is 0.548. The van der Waals surface area contributed by atoms with Gasteiger partial charge in [0.15, 0.2) is 0 Å². The first-order chi connectivity index (χ1) is 11.8. The predicted molar refractivity (Wildman–Crippen MR) is 105 cm³/mol. The summed E-state index contributed by atoms with van der Waals surface area (Å²) in [5.74, 6) is 0. The smallest absolute Gasteiger partial charge is 0.301 e. The third-order valence-corrected chi connectivity index (χ3v) is 6.62. The van der Waals surface area contributed by atoms with Crippen LogP contribution in [0, 0.1) is 6.92 Å². The van der Waals surface area contributed by atoms with Gasteiger partial charge in [0.1, 0.15) is 0 Å². The molecule has 3 rings (SSSR count). The molecule has 0 radical (unpaired) electrons. The third kappa shape index (κ3) is 3.79. The van der Waals surface area contributed by atoms with E-state index in [0.29, 0.717) is 10.7 Å². The van der Waals surface area contributed by atoms with Gasteiger partial charge in [-0.05, 0) is 43.3 Å². The molecule has 0 aliphatic rings. The minimum atomic E-state index is -3.59. The van der Waals surface area contributed by atoms with Crippen molar-refractivity contribution >= 4 is 50.2 Å². The number of H-pyrrole nitrogens is 1.